The number of aromatic nitrogens is 3. The van der Waals surface area contributed by atoms with E-state index in [0.29, 0.717) is 5.56 Å². The van der Waals surface area contributed by atoms with E-state index in [0.717, 1.165) is 50.5 Å². The molecule has 0 aliphatic carbocycles. The number of piperazine rings is 1. The summed E-state index contributed by atoms with van der Waals surface area (Å²) in [5.74, 6) is -0.223. The van der Waals surface area contributed by atoms with E-state index < -0.39 is 0 Å². The van der Waals surface area contributed by atoms with Crippen molar-refractivity contribution in [2.24, 2.45) is 7.05 Å². The monoisotopic (exact) mass is 365 g/mol. The minimum Gasteiger partial charge on any atom is -0.296 e. The standard InChI is InChI=1S/C21H24FN5/c1-25-15-18(21(24-25)19-6-2-3-7-20(19)22)16-27-11-9-26(10-12-27)14-17-5-4-8-23-13-17/h2-8,13,15H,9-12,14,16H2,1H3. The van der Waals surface area contributed by atoms with Crippen molar-refractivity contribution in [3.8, 4) is 11.3 Å². The van der Waals surface area contributed by atoms with Crippen LogP contribution < -0.4 is 0 Å². The lowest BCUT2D eigenvalue weighted by molar-refractivity contribution is 0.122. The van der Waals surface area contributed by atoms with Crippen molar-refractivity contribution in [1.82, 2.24) is 24.6 Å². The maximum atomic E-state index is 14.2. The van der Waals surface area contributed by atoms with E-state index in [2.05, 4.69) is 25.9 Å². The Labute approximate surface area is 159 Å². The van der Waals surface area contributed by atoms with E-state index in [9.17, 15) is 4.39 Å². The first-order chi connectivity index (χ1) is 13.2. The highest BCUT2D eigenvalue weighted by Crippen LogP contribution is 2.26. The minimum absolute atomic E-state index is 0.223. The van der Waals surface area contributed by atoms with Gasteiger partial charge in [-0.25, -0.2) is 4.39 Å². The number of hydrogen-bond acceptors (Lipinski definition) is 4. The van der Waals surface area contributed by atoms with Gasteiger partial charge in [-0.15, -0.1) is 0 Å². The molecule has 0 radical (unpaired) electrons. The molecule has 0 bridgehead atoms. The highest BCUT2D eigenvalue weighted by Gasteiger charge is 2.20. The van der Waals surface area contributed by atoms with Crippen molar-refractivity contribution in [3.63, 3.8) is 0 Å². The number of halogens is 1. The van der Waals surface area contributed by atoms with E-state index in [1.165, 1.54) is 11.6 Å². The van der Waals surface area contributed by atoms with Crippen LogP contribution in [0.4, 0.5) is 4.39 Å². The molecule has 1 aliphatic heterocycles. The van der Waals surface area contributed by atoms with Crippen LogP contribution in [0.25, 0.3) is 11.3 Å². The molecule has 1 saturated heterocycles. The molecule has 0 saturated carbocycles. The van der Waals surface area contributed by atoms with Crippen LogP contribution in [-0.2, 0) is 20.1 Å². The second-order valence-electron chi connectivity index (χ2n) is 7.07. The van der Waals surface area contributed by atoms with Gasteiger partial charge in [0.15, 0.2) is 0 Å². The van der Waals surface area contributed by atoms with Gasteiger partial charge in [0.25, 0.3) is 0 Å². The smallest absolute Gasteiger partial charge is 0.132 e. The molecule has 3 aromatic rings. The van der Waals surface area contributed by atoms with Crippen molar-refractivity contribution < 1.29 is 4.39 Å². The zero-order chi connectivity index (χ0) is 18.6. The van der Waals surface area contributed by atoms with E-state index in [1.54, 1.807) is 16.8 Å². The highest BCUT2D eigenvalue weighted by atomic mass is 19.1. The number of pyridine rings is 1. The Morgan fingerprint density at radius 3 is 2.41 bits per heavy atom. The summed E-state index contributed by atoms with van der Waals surface area (Å²) in [6.45, 7) is 5.75. The first kappa shape index (κ1) is 17.8. The van der Waals surface area contributed by atoms with Gasteiger partial charge in [-0.2, -0.15) is 5.10 Å². The van der Waals surface area contributed by atoms with Crippen LogP contribution in [0.2, 0.25) is 0 Å². The third-order valence-electron chi connectivity index (χ3n) is 5.02. The Bertz CT molecular complexity index is 885. The average molecular weight is 365 g/mol. The molecule has 1 fully saturated rings. The Balaban J connectivity index is 1.40. The Morgan fingerprint density at radius 1 is 0.963 bits per heavy atom. The molecule has 5 nitrogen and oxygen atoms in total. The van der Waals surface area contributed by atoms with Crippen LogP contribution in [0, 0.1) is 5.82 Å². The summed E-state index contributed by atoms with van der Waals surface area (Å²) in [7, 11) is 1.89. The van der Waals surface area contributed by atoms with Crippen molar-refractivity contribution >= 4 is 0 Å². The van der Waals surface area contributed by atoms with Gasteiger partial charge in [-0.05, 0) is 23.8 Å². The maximum absolute atomic E-state index is 14.2. The molecule has 1 aliphatic rings. The van der Waals surface area contributed by atoms with Gasteiger partial charge in [-0.3, -0.25) is 19.5 Å². The van der Waals surface area contributed by atoms with Crippen molar-refractivity contribution in [1.29, 1.82) is 0 Å². The zero-order valence-electron chi connectivity index (χ0n) is 15.6. The quantitative estimate of drug-likeness (QED) is 0.697. The van der Waals surface area contributed by atoms with Crippen LogP contribution >= 0.6 is 0 Å². The molecule has 3 heterocycles. The molecule has 0 spiro atoms. The van der Waals surface area contributed by atoms with E-state index in [4.69, 9.17) is 0 Å². The summed E-state index contributed by atoms with van der Waals surface area (Å²) in [5.41, 5.74) is 3.64. The zero-order valence-corrected chi connectivity index (χ0v) is 15.6. The summed E-state index contributed by atoms with van der Waals surface area (Å²) in [6.07, 6.45) is 5.75. The van der Waals surface area contributed by atoms with Crippen molar-refractivity contribution in [2.75, 3.05) is 26.2 Å². The summed E-state index contributed by atoms with van der Waals surface area (Å²) < 4.78 is 16.0. The molecule has 1 aromatic carbocycles. The molecule has 0 unspecified atom stereocenters. The molecule has 140 valence electrons. The second kappa shape index (κ2) is 7.98. The summed E-state index contributed by atoms with van der Waals surface area (Å²) in [6, 6.07) is 11.0. The molecule has 4 rings (SSSR count). The molecular formula is C21H24FN5. The van der Waals surface area contributed by atoms with Gasteiger partial charge in [0, 0.05) is 76.0 Å². The fourth-order valence-electron chi connectivity index (χ4n) is 3.63. The molecular weight excluding hydrogens is 341 g/mol. The highest BCUT2D eigenvalue weighted by molar-refractivity contribution is 5.63. The Morgan fingerprint density at radius 2 is 1.70 bits per heavy atom. The van der Waals surface area contributed by atoms with E-state index >= 15 is 0 Å². The lowest BCUT2D eigenvalue weighted by Crippen LogP contribution is -2.45. The van der Waals surface area contributed by atoms with Gasteiger partial charge in [0.1, 0.15) is 5.82 Å². The van der Waals surface area contributed by atoms with Crippen LogP contribution in [0.3, 0.4) is 0 Å². The largest absolute Gasteiger partial charge is 0.296 e. The first-order valence-corrected chi connectivity index (χ1v) is 9.30. The fourth-order valence-corrected chi connectivity index (χ4v) is 3.63. The molecule has 0 atom stereocenters. The normalized spacial score (nSPS) is 15.9. The predicted octanol–water partition coefficient (Wildman–Crippen LogP) is 2.94. The topological polar surface area (TPSA) is 37.2 Å². The summed E-state index contributed by atoms with van der Waals surface area (Å²) in [5, 5.41) is 4.51. The second-order valence-corrected chi connectivity index (χ2v) is 7.07. The van der Waals surface area contributed by atoms with Crippen LogP contribution in [0.1, 0.15) is 11.1 Å². The predicted molar refractivity (Wildman–Crippen MR) is 103 cm³/mol. The molecule has 0 N–H and O–H groups in total. The number of nitrogens with zero attached hydrogens (tertiary/aromatic N) is 5. The van der Waals surface area contributed by atoms with Crippen LogP contribution in [0.5, 0.6) is 0 Å². The molecule has 2 aromatic heterocycles. The van der Waals surface area contributed by atoms with Crippen molar-refractivity contribution in [3.05, 3.63) is 71.9 Å². The maximum Gasteiger partial charge on any atom is 0.132 e. The third kappa shape index (κ3) is 4.23. The fraction of sp³-hybridized carbons (Fsp3) is 0.333. The van der Waals surface area contributed by atoms with Crippen molar-refractivity contribution in [2.45, 2.75) is 13.1 Å². The minimum atomic E-state index is -0.223. The van der Waals surface area contributed by atoms with Gasteiger partial charge in [0.2, 0.25) is 0 Å². The third-order valence-corrected chi connectivity index (χ3v) is 5.02. The average Bonchev–Trinajstić information content (AvgIpc) is 3.04. The summed E-state index contributed by atoms with van der Waals surface area (Å²) in [4.78, 5) is 9.06. The molecule has 27 heavy (non-hydrogen) atoms. The lowest BCUT2D eigenvalue weighted by atomic mass is 10.1. The Hall–Kier alpha value is -2.57. The molecule has 0 amide bonds. The van der Waals surface area contributed by atoms with Gasteiger partial charge in [-0.1, -0.05) is 18.2 Å². The van der Waals surface area contributed by atoms with Crippen LogP contribution in [-0.4, -0.2) is 50.7 Å². The first-order valence-electron chi connectivity index (χ1n) is 9.30. The van der Waals surface area contributed by atoms with Gasteiger partial charge in [0.05, 0.1) is 5.69 Å². The number of aryl methyl sites for hydroxylation is 1. The van der Waals surface area contributed by atoms with Gasteiger partial charge >= 0.3 is 0 Å². The Kier molecular flexibility index (Phi) is 5.27. The number of hydrogen-bond donors (Lipinski definition) is 0. The van der Waals surface area contributed by atoms with E-state index in [1.807, 2.05) is 37.8 Å². The van der Waals surface area contributed by atoms with Crippen LogP contribution in [0.15, 0.2) is 55.0 Å². The van der Waals surface area contributed by atoms with Gasteiger partial charge < -0.3 is 0 Å². The number of rotatable bonds is 5. The number of benzene rings is 1. The van der Waals surface area contributed by atoms with E-state index in [-0.39, 0.29) is 5.82 Å². The molecule has 6 heteroatoms. The SMILES string of the molecule is Cn1cc(CN2CCN(Cc3cccnc3)CC2)c(-c2ccccc2F)n1. The summed E-state index contributed by atoms with van der Waals surface area (Å²) >= 11 is 0. The lowest BCUT2D eigenvalue weighted by Gasteiger charge is -2.34.